The molecule has 0 bridgehead atoms. The van der Waals surface area contributed by atoms with E-state index in [0.29, 0.717) is 0 Å². The van der Waals surface area contributed by atoms with Crippen LogP contribution in [-0.2, 0) is 0 Å². The van der Waals surface area contributed by atoms with Gasteiger partial charge in [-0.25, -0.2) is 0 Å². The van der Waals surface area contributed by atoms with Crippen LogP contribution in [0.15, 0.2) is 0 Å². The zero-order chi connectivity index (χ0) is 5.45. The third-order valence-electron chi connectivity index (χ3n) is 0. The number of hydrogen-bond donors (Lipinski definition) is 0. The van der Waals surface area contributed by atoms with Gasteiger partial charge in [-0.3, -0.25) is 0 Å². The number of rotatable bonds is 0. The molecule has 0 saturated heterocycles. The summed E-state index contributed by atoms with van der Waals surface area (Å²) in [6.07, 6.45) is 0. The predicted molar refractivity (Wildman–Crippen MR) is 35.0 cm³/mol. The van der Waals surface area contributed by atoms with Gasteiger partial charge in [-0.05, 0) is 0 Å². The fourth-order valence-electron chi connectivity index (χ4n) is 0. The molecular weight excluding hydrogens is 386 g/mol. The molecule has 0 fully saturated rings. The summed E-state index contributed by atoms with van der Waals surface area (Å²) < 4.78 is 0. The van der Waals surface area contributed by atoms with Gasteiger partial charge in [0, 0.05) is 0 Å². The molecule has 0 aliphatic carbocycles. The Bertz CT molecular complexity index is 37.1. The van der Waals surface area contributed by atoms with Gasteiger partial charge >= 0.3 is 55.3 Å². The molecule has 0 atom stereocenters. The maximum absolute atomic E-state index is 5.06. The maximum atomic E-state index is 5.06. The van der Waals surface area contributed by atoms with E-state index in [4.69, 9.17) is 42.2 Å². The van der Waals surface area contributed by atoms with Crippen LogP contribution >= 0.6 is 42.2 Å². The van der Waals surface area contributed by atoms with Crippen molar-refractivity contribution in [2.45, 2.75) is 0 Å². The van der Waals surface area contributed by atoms with Crippen LogP contribution in [0.25, 0.3) is 0 Å². The van der Waals surface area contributed by atoms with Crippen molar-refractivity contribution in [1.82, 2.24) is 0 Å². The van der Waals surface area contributed by atoms with E-state index in [9.17, 15) is 0 Å². The molecule has 0 saturated carbocycles. The Kier molecular flexibility index (Phi) is 2.70. The average molecular weight is 386 g/mol. The van der Waals surface area contributed by atoms with E-state index < -0.39 is 13.0 Å². The predicted octanol–water partition coefficient (Wildman–Crippen LogP) is 3.07. The summed E-state index contributed by atoms with van der Waals surface area (Å²) in [4.78, 5) is 0. The molecule has 6 heteroatoms. The van der Waals surface area contributed by atoms with Crippen LogP contribution in [0.2, 0.25) is 0 Å². The summed E-state index contributed by atoms with van der Waals surface area (Å²) in [5.74, 6) is 0. The quantitative estimate of drug-likeness (QED) is 0.601. The van der Waals surface area contributed by atoms with Crippen LogP contribution in [0.5, 0.6) is 0 Å². The van der Waals surface area contributed by atoms with Crippen molar-refractivity contribution in [2.24, 2.45) is 0 Å². The van der Waals surface area contributed by atoms with E-state index in [-0.39, 0.29) is 0 Å². The van der Waals surface area contributed by atoms with Gasteiger partial charge in [0.25, 0.3) is 0 Å². The first-order valence-electron chi connectivity index (χ1n) is 0.772. The zero-order valence-electron chi connectivity index (χ0n) is 2.30. The normalized spacial score (nSPS) is 19.2. The van der Waals surface area contributed by atoms with Gasteiger partial charge in [-0.2, -0.15) is 0 Å². The van der Waals surface area contributed by atoms with E-state index in [2.05, 4.69) is 0 Å². The van der Waals surface area contributed by atoms with Crippen molar-refractivity contribution in [2.75, 3.05) is 0 Å². The van der Waals surface area contributed by atoms with E-state index in [1.54, 1.807) is 0 Å². The van der Waals surface area contributed by atoms with Crippen molar-refractivity contribution < 1.29 is 0 Å². The Morgan fingerprint density at radius 3 is 0.667 bits per heavy atom. The summed E-state index contributed by atoms with van der Waals surface area (Å²) in [5.41, 5.74) is 0. The molecule has 0 nitrogen and oxygen atoms in total. The molecule has 0 aliphatic rings. The molecule has 0 aromatic rings. The molecular formula is Cl5Po. The van der Waals surface area contributed by atoms with Gasteiger partial charge in [-0.1, -0.05) is 0 Å². The average Bonchev–Trinajstić information content (AvgIpc) is 0.650. The molecule has 0 aromatic carbocycles. The van der Waals surface area contributed by atoms with E-state index in [1.165, 1.54) is 0 Å². The van der Waals surface area contributed by atoms with Crippen molar-refractivity contribution in [3.63, 3.8) is 0 Å². The molecule has 6 heavy (non-hydrogen) atoms. The Morgan fingerprint density at radius 2 is 0.667 bits per heavy atom. The van der Waals surface area contributed by atoms with Gasteiger partial charge in [0.05, 0.1) is 0 Å². The SMILES string of the molecule is [Cl][Po]([Cl])([Cl])([Cl])[Cl]. The molecule has 1 radical (unpaired) electrons. The fraction of sp³-hybridized carbons (Fsp3) is 0. The van der Waals surface area contributed by atoms with Crippen LogP contribution in [0.4, 0.5) is 0 Å². The van der Waals surface area contributed by atoms with Crippen LogP contribution in [0.3, 0.4) is 0 Å². The molecule has 41 valence electrons. The van der Waals surface area contributed by atoms with Crippen LogP contribution in [0, 0.1) is 0 Å². The first-order chi connectivity index (χ1) is 2.24. The Morgan fingerprint density at radius 1 is 0.667 bits per heavy atom. The molecule has 0 N–H and O–H groups in total. The molecule has 0 heterocycles. The molecule has 0 spiro atoms. The molecule has 0 aliphatic heterocycles. The summed E-state index contributed by atoms with van der Waals surface area (Å²) in [6, 6.07) is 0. The van der Waals surface area contributed by atoms with Gasteiger partial charge in [0.2, 0.25) is 0 Å². The minimum absolute atomic E-state index is 4.39. The van der Waals surface area contributed by atoms with Gasteiger partial charge in [0.15, 0.2) is 0 Å². The first-order valence-corrected chi connectivity index (χ1v) is 20.3. The second kappa shape index (κ2) is 1.94. The fourth-order valence-corrected chi connectivity index (χ4v) is 0. The molecule has 0 aromatic heterocycles. The van der Waals surface area contributed by atoms with E-state index >= 15 is 0 Å². The third kappa shape index (κ3) is 33.0. The third-order valence-corrected chi connectivity index (χ3v) is 0. The van der Waals surface area contributed by atoms with Crippen molar-refractivity contribution in [3.8, 4) is 0 Å². The van der Waals surface area contributed by atoms with E-state index in [0.717, 1.165) is 0 Å². The van der Waals surface area contributed by atoms with Crippen LogP contribution < -0.4 is 0 Å². The zero-order valence-corrected chi connectivity index (χ0v) is 9.25. The van der Waals surface area contributed by atoms with Gasteiger partial charge in [-0.15, -0.1) is 0 Å². The number of hydrogen-bond acceptors (Lipinski definition) is 0. The molecule has 0 amide bonds. The van der Waals surface area contributed by atoms with Crippen molar-refractivity contribution in [3.05, 3.63) is 0 Å². The topological polar surface area (TPSA) is 0 Å². The Labute approximate surface area is 54.4 Å². The second-order valence-corrected chi connectivity index (χ2v) is 46.1. The van der Waals surface area contributed by atoms with Crippen molar-refractivity contribution in [1.29, 1.82) is 0 Å². The summed E-state index contributed by atoms with van der Waals surface area (Å²) in [7, 11) is 25.3. The Balaban J connectivity index is 3.73. The summed E-state index contributed by atoms with van der Waals surface area (Å²) in [5, 5.41) is 0. The monoisotopic (exact) mass is 384 g/mol. The Hall–Kier alpha value is 2.35. The second-order valence-electron chi connectivity index (χ2n) is 0.583. The standard InChI is InChI=1S/5ClH.Po/h5*1H;/q;;;;;+5/p-5. The van der Waals surface area contributed by atoms with Crippen LogP contribution in [0.1, 0.15) is 0 Å². The minimum atomic E-state index is -4.39. The van der Waals surface area contributed by atoms with Gasteiger partial charge in [0.1, 0.15) is 0 Å². The van der Waals surface area contributed by atoms with Crippen LogP contribution in [-0.4, -0.2) is 13.0 Å². The van der Waals surface area contributed by atoms with Crippen molar-refractivity contribution >= 4 is 55.3 Å². The first kappa shape index (κ1) is 8.35. The molecule has 0 rings (SSSR count). The molecule has 0 unspecified atom stereocenters. The van der Waals surface area contributed by atoms with E-state index in [1.807, 2.05) is 0 Å². The summed E-state index contributed by atoms with van der Waals surface area (Å²) >= 11 is -4.39. The van der Waals surface area contributed by atoms with Gasteiger partial charge < -0.3 is 0 Å². The number of halogens is 5. The summed E-state index contributed by atoms with van der Waals surface area (Å²) in [6.45, 7) is 0.